The molecule has 1 fully saturated rings. The van der Waals surface area contributed by atoms with Gasteiger partial charge in [0.1, 0.15) is 6.61 Å². The fourth-order valence-corrected chi connectivity index (χ4v) is 2.67. The SMILES string of the molecule is O=C(O)CC1(C(=O)OCc2ccccc2)CCCC1. The molecule has 0 atom stereocenters. The van der Waals surface area contributed by atoms with Gasteiger partial charge in [-0.15, -0.1) is 0 Å². The van der Waals surface area contributed by atoms with Gasteiger partial charge in [-0.2, -0.15) is 0 Å². The lowest BCUT2D eigenvalue weighted by Gasteiger charge is -2.24. The van der Waals surface area contributed by atoms with Crippen LogP contribution in [0.3, 0.4) is 0 Å². The molecule has 102 valence electrons. The molecule has 0 aromatic heterocycles. The van der Waals surface area contributed by atoms with Gasteiger partial charge in [-0.05, 0) is 18.4 Å². The number of carboxylic acids is 1. The predicted molar refractivity (Wildman–Crippen MR) is 69.4 cm³/mol. The van der Waals surface area contributed by atoms with Crippen molar-refractivity contribution in [2.24, 2.45) is 5.41 Å². The second kappa shape index (κ2) is 5.87. The second-order valence-corrected chi connectivity index (χ2v) is 5.12. The highest BCUT2D eigenvalue weighted by Gasteiger charge is 2.44. The number of rotatable bonds is 5. The molecule has 1 N–H and O–H groups in total. The van der Waals surface area contributed by atoms with Gasteiger partial charge in [0, 0.05) is 0 Å². The Labute approximate surface area is 112 Å². The Balaban J connectivity index is 1.98. The summed E-state index contributed by atoms with van der Waals surface area (Å²) in [6.07, 6.45) is 2.90. The molecule has 1 saturated carbocycles. The molecule has 1 aliphatic carbocycles. The zero-order valence-corrected chi connectivity index (χ0v) is 10.8. The lowest BCUT2D eigenvalue weighted by atomic mass is 9.83. The lowest BCUT2D eigenvalue weighted by Crippen LogP contribution is -2.32. The van der Waals surface area contributed by atoms with Crippen molar-refractivity contribution in [3.63, 3.8) is 0 Å². The molecule has 4 heteroatoms. The molecule has 0 spiro atoms. The average molecular weight is 262 g/mol. The van der Waals surface area contributed by atoms with Crippen LogP contribution in [-0.4, -0.2) is 17.0 Å². The summed E-state index contributed by atoms with van der Waals surface area (Å²) in [5.74, 6) is -1.30. The van der Waals surface area contributed by atoms with E-state index in [1.807, 2.05) is 30.3 Å². The molecule has 0 radical (unpaired) electrons. The first-order valence-electron chi connectivity index (χ1n) is 6.55. The summed E-state index contributed by atoms with van der Waals surface area (Å²) in [4.78, 5) is 23.1. The van der Waals surface area contributed by atoms with Gasteiger partial charge in [-0.1, -0.05) is 43.2 Å². The van der Waals surface area contributed by atoms with E-state index in [4.69, 9.17) is 9.84 Å². The maximum Gasteiger partial charge on any atom is 0.312 e. The number of esters is 1. The highest BCUT2D eigenvalue weighted by Crippen LogP contribution is 2.42. The Morgan fingerprint density at radius 3 is 2.37 bits per heavy atom. The van der Waals surface area contributed by atoms with E-state index >= 15 is 0 Å². The van der Waals surface area contributed by atoms with Crippen molar-refractivity contribution in [2.75, 3.05) is 0 Å². The van der Waals surface area contributed by atoms with E-state index in [1.165, 1.54) is 0 Å². The summed E-state index contributed by atoms with van der Waals surface area (Å²) in [5, 5.41) is 8.97. The van der Waals surface area contributed by atoms with E-state index in [0.29, 0.717) is 12.8 Å². The smallest absolute Gasteiger partial charge is 0.312 e. The van der Waals surface area contributed by atoms with Crippen LogP contribution >= 0.6 is 0 Å². The number of aliphatic carboxylic acids is 1. The first-order chi connectivity index (χ1) is 9.12. The number of hydrogen-bond acceptors (Lipinski definition) is 3. The predicted octanol–water partition coefficient (Wildman–Crippen LogP) is 2.76. The summed E-state index contributed by atoms with van der Waals surface area (Å²) >= 11 is 0. The molecule has 1 aromatic carbocycles. The molecule has 0 heterocycles. The van der Waals surface area contributed by atoms with Gasteiger partial charge >= 0.3 is 11.9 Å². The van der Waals surface area contributed by atoms with Crippen LogP contribution in [0.1, 0.15) is 37.7 Å². The number of carboxylic acid groups (broad SMARTS) is 1. The maximum atomic E-state index is 12.2. The van der Waals surface area contributed by atoms with Crippen LogP contribution in [0.25, 0.3) is 0 Å². The van der Waals surface area contributed by atoms with E-state index in [-0.39, 0.29) is 19.0 Å². The van der Waals surface area contributed by atoms with E-state index in [1.54, 1.807) is 0 Å². The van der Waals surface area contributed by atoms with Gasteiger partial charge in [0.05, 0.1) is 11.8 Å². The first kappa shape index (κ1) is 13.6. The van der Waals surface area contributed by atoms with Crippen molar-refractivity contribution in [3.8, 4) is 0 Å². The van der Waals surface area contributed by atoms with E-state index in [2.05, 4.69) is 0 Å². The molecule has 1 aromatic rings. The second-order valence-electron chi connectivity index (χ2n) is 5.12. The fourth-order valence-electron chi connectivity index (χ4n) is 2.67. The molecule has 2 rings (SSSR count). The van der Waals surface area contributed by atoms with Gasteiger partial charge in [0.2, 0.25) is 0 Å². The van der Waals surface area contributed by atoms with Crippen LogP contribution in [0.5, 0.6) is 0 Å². The lowest BCUT2D eigenvalue weighted by molar-refractivity contribution is -0.162. The average Bonchev–Trinajstić information content (AvgIpc) is 2.86. The highest BCUT2D eigenvalue weighted by atomic mass is 16.5. The van der Waals surface area contributed by atoms with Crippen LogP contribution in [0.4, 0.5) is 0 Å². The summed E-state index contributed by atoms with van der Waals surface area (Å²) < 4.78 is 5.31. The van der Waals surface area contributed by atoms with Crippen LogP contribution in [0.15, 0.2) is 30.3 Å². The van der Waals surface area contributed by atoms with E-state index in [0.717, 1.165) is 18.4 Å². The molecular weight excluding hydrogens is 244 g/mol. The quantitative estimate of drug-likeness (QED) is 0.829. The third-order valence-corrected chi connectivity index (χ3v) is 3.70. The zero-order valence-electron chi connectivity index (χ0n) is 10.8. The molecule has 0 bridgehead atoms. The Morgan fingerprint density at radius 1 is 1.16 bits per heavy atom. The first-order valence-corrected chi connectivity index (χ1v) is 6.55. The van der Waals surface area contributed by atoms with Crippen LogP contribution in [-0.2, 0) is 20.9 Å². The molecule has 0 unspecified atom stereocenters. The number of carbonyl (C=O) groups is 2. The van der Waals surface area contributed by atoms with Crippen LogP contribution in [0, 0.1) is 5.41 Å². The monoisotopic (exact) mass is 262 g/mol. The summed E-state index contributed by atoms with van der Waals surface area (Å²) in [7, 11) is 0. The molecule has 4 nitrogen and oxygen atoms in total. The maximum absolute atomic E-state index is 12.2. The number of benzene rings is 1. The van der Waals surface area contributed by atoms with E-state index < -0.39 is 11.4 Å². The minimum atomic E-state index is -0.932. The molecule has 19 heavy (non-hydrogen) atoms. The fraction of sp³-hybridized carbons (Fsp3) is 0.467. The third-order valence-electron chi connectivity index (χ3n) is 3.70. The molecule has 1 aliphatic rings. The highest BCUT2D eigenvalue weighted by molar-refractivity contribution is 5.83. The third kappa shape index (κ3) is 3.34. The molecular formula is C15H18O4. The Kier molecular flexibility index (Phi) is 4.20. The normalized spacial score (nSPS) is 17.1. The van der Waals surface area contributed by atoms with Gasteiger partial charge < -0.3 is 9.84 Å². The summed E-state index contributed by atoms with van der Waals surface area (Å²) in [6, 6.07) is 9.42. The van der Waals surface area contributed by atoms with Gasteiger partial charge in [-0.25, -0.2) is 0 Å². The van der Waals surface area contributed by atoms with Gasteiger partial charge in [0.15, 0.2) is 0 Å². The zero-order chi connectivity index (χ0) is 13.7. The molecule has 0 saturated heterocycles. The summed E-state index contributed by atoms with van der Waals surface area (Å²) in [5.41, 5.74) is 0.111. The van der Waals surface area contributed by atoms with Crippen molar-refractivity contribution in [1.29, 1.82) is 0 Å². The number of ether oxygens (including phenoxy) is 1. The Bertz CT molecular complexity index is 446. The van der Waals surface area contributed by atoms with Crippen molar-refractivity contribution in [2.45, 2.75) is 38.7 Å². The molecule has 0 amide bonds. The van der Waals surface area contributed by atoms with E-state index in [9.17, 15) is 9.59 Å². The van der Waals surface area contributed by atoms with Crippen molar-refractivity contribution >= 4 is 11.9 Å². The Hall–Kier alpha value is -1.84. The van der Waals surface area contributed by atoms with Crippen LogP contribution in [0.2, 0.25) is 0 Å². The van der Waals surface area contributed by atoms with Crippen molar-refractivity contribution in [3.05, 3.63) is 35.9 Å². The van der Waals surface area contributed by atoms with Gasteiger partial charge in [-0.3, -0.25) is 9.59 Å². The Morgan fingerprint density at radius 2 is 1.79 bits per heavy atom. The minimum Gasteiger partial charge on any atom is -0.481 e. The standard InChI is InChI=1S/C15H18O4/c16-13(17)10-15(8-4-5-9-15)14(18)19-11-12-6-2-1-3-7-12/h1-3,6-7H,4-5,8-11H2,(H,16,17). The minimum absolute atomic E-state index is 0.124. The number of carbonyl (C=O) groups excluding carboxylic acids is 1. The van der Waals surface area contributed by atoms with Crippen LogP contribution < -0.4 is 0 Å². The van der Waals surface area contributed by atoms with Gasteiger partial charge in [0.25, 0.3) is 0 Å². The van der Waals surface area contributed by atoms with Crippen molar-refractivity contribution in [1.82, 2.24) is 0 Å². The number of hydrogen-bond donors (Lipinski definition) is 1. The summed E-state index contributed by atoms with van der Waals surface area (Å²) in [6.45, 7) is 0.209. The largest absolute Gasteiger partial charge is 0.481 e. The van der Waals surface area contributed by atoms with Crippen molar-refractivity contribution < 1.29 is 19.4 Å². The topological polar surface area (TPSA) is 63.6 Å². The molecule has 0 aliphatic heterocycles.